The molecule has 0 aliphatic carbocycles. The smallest absolute Gasteiger partial charge is 0.326 e. The fraction of sp³-hybridized carbons (Fsp3) is 0.160. The van der Waals surface area contributed by atoms with Crippen LogP contribution in [-0.4, -0.2) is 57.4 Å². The van der Waals surface area contributed by atoms with Crippen LogP contribution in [0, 0.1) is 0 Å². The molecule has 0 radical (unpaired) electrons. The molecular formula is C25H22N8O3. The summed E-state index contributed by atoms with van der Waals surface area (Å²) in [6, 6.07) is 14.4. The van der Waals surface area contributed by atoms with Gasteiger partial charge in [0, 0.05) is 48.5 Å². The van der Waals surface area contributed by atoms with E-state index in [2.05, 4.69) is 46.7 Å². The minimum Gasteiger partial charge on any atom is -0.378 e. The summed E-state index contributed by atoms with van der Waals surface area (Å²) in [4.78, 5) is 31.0. The van der Waals surface area contributed by atoms with Crippen LogP contribution in [0.15, 0.2) is 71.8 Å². The fourth-order valence-corrected chi connectivity index (χ4v) is 4.10. The van der Waals surface area contributed by atoms with E-state index in [1.54, 1.807) is 30.9 Å². The number of amides is 2. The second-order valence-corrected chi connectivity index (χ2v) is 8.22. The van der Waals surface area contributed by atoms with Gasteiger partial charge in [-0.05, 0) is 35.9 Å². The van der Waals surface area contributed by atoms with Crippen molar-refractivity contribution >= 4 is 34.5 Å². The number of carbonyl (C=O) groups excluding carboxylic acids is 1. The number of hydrogen-bond acceptors (Lipinski definition) is 8. The molecule has 1 saturated heterocycles. The first-order valence-corrected chi connectivity index (χ1v) is 11.4. The van der Waals surface area contributed by atoms with Gasteiger partial charge in [0.05, 0.1) is 18.6 Å². The van der Waals surface area contributed by atoms with Gasteiger partial charge in [0.1, 0.15) is 23.5 Å². The first kappa shape index (κ1) is 21.7. The number of anilines is 3. The lowest BCUT2D eigenvalue weighted by molar-refractivity contribution is 0.122. The number of nitrogens with zero attached hydrogens (tertiary/aromatic N) is 5. The molecule has 6 rings (SSSR count). The third-order valence-electron chi connectivity index (χ3n) is 5.87. The maximum Gasteiger partial charge on any atom is 0.326 e. The van der Waals surface area contributed by atoms with E-state index in [-0.39, 0.29) is 5.88 Å². The molecule has 0 spiro atoms. The van der Waals surface area contributed by atoms with Crippen molar-refractivity contribution in [2.75, 3.05) is 41.8 Å². The summed E-state index contributed by atoms with van der Waals surface area (Å²) in [7, 11) is 0. The van der Waals surface area contributed by atoms with Gasteiger partial charge < -0.3 is 24.5 Å². The van der Waals surface area contributed by atoms with Gasteiger partial charge in [0.15, 0.2) is 0 Å². The Morgan fingerprint density at radius 2 is 1.86 bits per heavy atom. The van der Waals surface area contributed by atoms with E-state index in [1.807, 2.05) is 30.3 Å². The SMILES string of the molecule is O=C(Nc1ccc(-c2cc3c(N4CCOCC4)ncnc3[nH]2)cc1)Nc1cc(-c2cccnc2)no1. The molecule has 4 aromatic heterocycles. The highest BCUT2D eigenvalue weighted by Gasteiger charge is 2.17. The Hall–Kier alpha value is -4.77. The molecule has 36 heavy (non-hydrogen) atoms. The molecule has 11 nitrogen and oxygen atoms in total. The number of morpholine rings is 1. The van der Waals surface area contributed by atoms with Gasteiger partial charge in [-0.2, -0.15) is 0 Å². The lowest BCUT2D eigenvalue weighted by Crippen LogP contribution is -2.36. The predicted octanol–water partition coefficient (Wildman–Crippen LogP) is 4.16. The van der Waals surface area contributed by atoms with Gasteiger partial charge in [-0.15, -0.1) is 0 Å². The normalized spacial score (nSPS) is 13.6. The molecule has 0 unspecified atom stereocenters. The van der Waals surface area contributed by atoms with Crippen LogP contribution in [0.25, 0.3) is 33.5 Å². The van der Waals surface area contributed by atoms with Gasteiger partial charge >= 0.3 is 6.03 Å². The van der Waals surface area contributed by atoms with Crippen molar-refractivity contribution in [2.24, 2.45) is 0 Å². The van der Waals surface area contributed by atoms with E-state index in [9.17, 15) is 4.79 Å². The number of rotatable bonds is 5. The number of aromatic amines is 1. The van der Waals surface area contributed by atoms with E-state index in [1.165, 1.54) is 0 Å². The first-order valence-electron chi connectivity index (χ1n) is 11.4. The number of nitrogens with one attached hydrogen (secondary N) is 3. The first-order chi connectivity index (χ1) is 17.7. The third kappa shape index (κ3) is 4.46. The number of ether oxygens (including phenoxy) is 1. The van der Waals surface area contributed by atoms with Crippen LogP contribution in [0.1, 0.15) is 0 Å². The molecule has 1 aliphatic heterocycles. The Kier molecular flexibility index (Phi) is 5.72. The highest BCUT2D eigenvalue weighted by atomic mass is 16.5. The maximum absolute atomic E-state index is 12.4. The summed E-state index contributed by atoms with van der Waals surface area (Å²) in [5.41, 5.74) is 4.67. The standard InChI is InChI=1S/C25H22N8O3/c34-25(31-22-13-21(32-36-22)17-2-1-7-26-14-17)29-18-5-3-16(4-6-18)20-12-19-23(30-20)27-15-28-24(19)33-8-10-35-11-9-33/h1-7,12-15H,8-11H2,(H,27,28,30)(H2,29,31,34). The largest absolute Gasteiger partial charge is 0.378 e. The quantitative estimate of drug-likeness (QED) is 0.340. The Morgan fingerprint density at radius 1 is 1.00 bits per heavy atom. The molecule has 180 valence electrons. The lowest BCUT2D eigenvalue weighted by Gasteiger charge is -2.27. The van der Waals surface area contributed by atoms with E-state index >= 15 is 0 Å². The van der Waals surface area contributed by atoms with E-state index in [4.69, 9.17) is 9.26 Å². The van der Waals surface area contributed by atoms with Crippen molar-refractivity contribution in [2.45, 2.75) is 0 Å². The van der Waals surface area contributed by atoms with Crippen molar-refractivity contribution in [3.8, 4) is 22.5 Å². The van der Waals surface area contributed by atoms with E-state index < -0.39 is 6.03 Å². The van der Waals surface area contributed by atoms with Crippen LogP contribution in [0.5, 0.6) is 0 Å². The van der Waals surface area contributed by atoms with Crippen molar-refractivity contribution in [1.82, 2.24) is 25.1 Å². The molecule has 0 bridgehead atoms. The Bertz CT molecular complexity index is 1490. The van der Waals surface area contributed by atoms with Gasteiger partial charge in [-0.3, -0.25) is 10.3 Å². The van der Waals surface area contributed by atoms with Crippen LogP contribution in [-0.2, 0) is 4.74 Å². The lowest BCUT2D eigenvalue weighted by atomic mass is 10.1. The molecule has 1 aliphatic rings. The minimum atomic E-state index is -0.437. The van der Waals surface area contributed by atoms with Crippen LogP contribution in [0.2, 0.25) is 0 Å². The molecule has 5 heterocycles. The molecule has 1 aromatic carbocycles. The number of benzene rings is 1. The van der Waals surface area contributed by atoms with Gasteiger partial charge in [0.25, 0.3) is 0 Å². The average molecular weight is 483 g/mol. The highest BCUT2D eigenvalue weighted by molar-refractivity contribution is 5.99. The van der Waals surface area contributed by atoms with Gasteiger partial charge in [-0.25, -0.2) is 14.8 Å². The Morgan fingerprint density at radius 3 is 2.67 bits per heavy atom. The molecule has 11 heteroatoms. The number of urea groups is 1. The van der Waals surface area contributed by atoms with Gasteiger partial charge in [-0.1, -0.05) is 17.3 Å². The minimum absolute atomic E-state index is 0.234. The van der Waals surface area contributed by atoms with Gasteiger partial charge in [0.2, 0.25) is 5.88 Å². The molecule has 0 atom stereocenters. The maximum atomic E-state index is 12.4. The number of H-pyrrole nitrogens is 1. The zero-order valence-corrected chi connectivity index (χ0v) is 19.1. The fourth-order valence-electron chi connectivity index (χ4n) is 4.10. The zero-order valence-electron chi connectivity index (χ0n) is 19.1. The van der Waals surface area contributed by atoms with Crippen LogP contribution in [0.3, 0.4) is 0 Å². The predicted molar refractivity (Wildman–Crippen MR) is 135 cm³/mol. The van der Waals surface area contributed by atoms with Crippen molar-refractivity contribution in [3.63, 3.8) is 0 Å². The second-order valence-electron chi connectivity index (χ2n) is 8.22. The number of fused-ring (bicyclic) bond motifs is 1. The number of carbonyl (C=O) groups is 1. The number of pyridine rings is 1. The number of aromatic nitrogens is 5. The number of hydrogen-bond donors (Lipinski definition) is 3. The molecule has 3 N–H and O–H groups in total. The second kappa shape index (κ2) is 9.47. The van der Waals surface area contributed by atoms with E-state index in [0.717, 1.165) is 46.8 Å². The van der Waals surface area contributed by atoms with Crippen LogP contribution >= 0.6 is 0 Å². The summed E-state index contributed by atoms with van der Waals surface area (Å²) in [6.45, 7) is 2.97. The summed E-state index contributed by atoms with van der Waals surface area (Å²) < 4.78 is 10.7. The molecule has 1 fully saturated rings. The molecular weight excluding hydrogens is 460 g/mol. The molecule has 0 saturated carbocycles. The Labute approximate surface area is 205 Å². The summed E-state index contributed by atoms with van der Waals surface area (Å²) in [6.07, 6.45) is 4.93. The summed E-state index contributed by atoms with van der Waals surface area (Å²) in [5.74, 6) is 1.14. The topological polar surface area (TPSA) is 134 Å². The van der Waals surface area contributed by atoms with Crippen LogP contribution < -0.4 is 15.5 Å². The summed E-state index contributed by atoms with van der Waals surface area (Å²) in [5, 5.41) is 10.4. The van der Waals surface area contributed by atoms with Crippen molar-refractivity contribution in [3.05, 3.63) is 67.3 Å². The highest BCUT2D eigenvalue weighted by Crippen LogP contribution is 2.30. The average Bonchev–Trinajstić information content (AvgIpc) is 3.57. The Balaban J connectivity index is 1.14. The van der Waals surface area contributed by atoms with Crippen LogP contribution in [0.4, 0.5) is 22.2 Å². The summed E-state index contributed by atoms with van der Waals surface area (Å²) >= 11 is 0. The van der Waals surface area contributed by atoms with Crippen molar-refractivity contribution in [1.29, 1.82) is 0 Å². The van der Waals surface area contributed by atoms with E-state index in [0.29, 0.717) is 24.6 Å². The molecule has 2 amide bonds. The monoisotopic (exact) mass is 482 g/mol. The van der Waals surface area contributed by atoms with Crippen molar-refractivity contribution < 1.29 is 14.1 Å². The zero-order chi connectivity index (χ0) is 24.3. The molecule has 5 aromatic rings. The third-order valence-corrected chi connectivity index (χ3v) is 5.87.